The summed E-state index contributed by atoms with van der Waals surface area (Å²) in [5.41, 5.74) is -0.815. The van der Waals surface area contributed by atoms with Crippen LogP contribution in [0.4, 0.5) is 0 Å². The molecule has 0 aliphatic carbocycles. The Balaban J connectivity index is 2.16. The second-order valence-corrected chi connectivity index (χ2v) is 5.16. The zero-order valence-corrected chi connectivity index (χ0v) is 12.1. The summed E-state index contributed by atoms with van der Waals surface area (Å²) in [5.74, 6) is -0.784. The van der Waals surface area contributed by atoms with Gasteiger partial charge in [0, 0.05) is 13.2 Å². The number of aliphatic carboxylic acids is 1. The Morgan fingerprint density at radius 3 is 2.84 bits per heavy atom. The van der Waals surface area contributed by atoms with Crippen molar-refractivity contribution >= 4 is 5.97 Å². The number of nitrogens with one attached hydrogen (secondary N) is 1. The van der Waals surface area contributed by atoms with Gasteiger partial charge in [0.15, 0.2) is 0 Å². The summed E-state index contributed by atoms with van der Waals surface area (Å²) < 4.78 is 11.2. The monoisotopic (exact) mass is 273 g/mol. The third-order valence-electron chi connectivity index (χ3n) is 3.96. The van der Waals surface area contributed by atoms with Crippen LogP contribution in [0.15, 0.2) is 0 Å². The van der Waals surface area contributed by atoms with Crippen LogP contribution in [0, 0.1) is 0 Å². The van der Waals surface area contributed by atoms with E-state index in [1.807, 2.05) is 6.92 Å². The van der Waals surface area contributed by atoms with E-state index in [0.717, 1.165) is 25.9 Å². The van der Waals surface area contributed by atoms with Crippen molar-refractivity contribution in [3.8, 4) is 0 Å². The molecule has 0 aromatic rings. The molecule has 2 atom stereocenters. The van der Waals surface area contributed by atoms with E-state index >= 15 is 0 Å². The van der Waals surface area contributed by atoms with Crippen molar-refractivity contribution in [2.24, 2.45) is 0 Å². The van der Waals surface area contributed by atoms with Gasteiger partial charge in [0.1, 0.15) is 5.54 Å². The largest absolute Gasteiger partial charge is 0.480 e. The maximum Gasteiger partial charge on any atom is 0.323 e. The maximum atomic E-state index is 11.3. The molecule has 1 aliphatic heterocycles. The summed E-state index contributed by atoms with van der Waals surface area (Å²) >= 11 is 0. The summed E-state index contributed by atoms with van der Waals surface area (Å²) in [5, 5.41) is 12.2. The first-order valence-corrected chi connectivity index (χ1v) is 7.26. The smallest absolute Gasteiger partial charge is 0.323 e. The summed E-state index contributed by atoms with van der Waals surface area (Å²) in [6.07, 6.45) is 5.57. The zero-order chi connectivity index (χ0) is 14.1. The third kappa shape index (κ3) is 5.09. The van der Waals surface area contributed by atoms with Crippen LogP contribution in [0.3, 0.4) is 0 Å². The minimum absolute atomic E-state index is 0.230. The predicted molar refractivity (Wildman–Crippen MR) is 73.4 cm³/mol. The first kappa shape index (κ1) is 16.4. The topological polar surface area (TPSA) is 67.8 Å². The number of ether oxygens (including phenoxy) is 2. The third-order valence-corrected chi connectivity index (χ3v) is 3.96. The number of likely N-dealkylation sites (N-methyl/N-ethyl adjacent to an activating group) is 1. The Morgan fingerprint density at radius 2 is 2.32 bits per heavy atom. The molecule has 5 heteroatoms. The van der Waals surface area contributed by atoms with Crippen LogP contribution >= 0.6 is 0 Å². The predicted octanol–water partition coefficient (Wildman–Crippen LogP) is 1.81. The van der Waals surface area contributed by atoms with Crippen LogP contribution in [0.25, 0.3) is 0 Å². The molecule has 0 aromatic heterocycles. The Morgan fingerprint density at radius 1 is 1.53 bits per heavy atom. The molecule has 0 bridgehead atoms. The van der Waals surface area contributed by atoms with Crippen LogP contribution < -0.4 is 5.32 Å². The van der Waals surface area contributed by atoms with Gasteiger partial charge < -0.3 is 19.9 Å². The van der Waals surface area contributed by atoms with Crippen LogP contribution in [0.2, 0.25) is 0 Å². The lowest BCUT2D eigenvalue weighted by atomic mass is 9.91. The summed E-state index contributed by atoms with van der Waals surface area (Å²) in [6.45, 7) is 3.95. The first-order chi connectivity index (χ1) is 9.14. The molecule has 0 aromatic carbocycles. The minimum atomic E-state index is -0.815. The lowest BCUT2D eigenvalue weighted by Crippen LogP contribution is -2.49. The van der Waals surface area contributed by atoms with Gasteiger partial charge in [-0.25, -0.2) is 0 Å². The van der Waals surface area contributed by atoms with Crippen molar-refractivity contribution < 1.29 is 19.4 Å². The van der Waals surface area contributed by atoms with E-state index in [1.54, 1.807) is 7.05 Å². The molecule has 5 nitrogen and oxygen atoms in total. The molecule has 1 heterocycles. The highest BCUT2D eigenvalue weighted by Gasteiger charge is 2.34. The average molecular weight is 273 g/mol. The Bertz CT molecular complexity index is 260. The summed E-state index contributed by atoms with van der Waals surface area (Å²) in [7, 11) is 1.70. The van der Waals surface area contributed by atoms with Crippen molar-refractivity contribution in [2.45, 2.75) is 57.1 Å². The van der Waals surface area contributed by atoms with E-state index < -0.39 is 11.5 Å². The van der Waals surface area contributed by atoms with Gasteiger partial charge in [-0.2, -0.15) is 0 Å². The fraction of sp³-hybridized carbons (Fsp3) is 0.929. The Kier molecular flexibility index (Phi) is 7.34. The van der Waals surface area contributed by atoms with Gasteiger partial charge in [-0.3, -0.25) is 4.79 Å². The zero-order valence-electron chi connectivity index (χ0n) is 12.1. The van der Waals surface area contributed by atoms with Crippen molar-refractivity contribution in [3.63, 3.8) is 0 Å². The van der Waals surface area contributed by atoms with Crippen molar-refractivity contribution in [1.82, 2.24) is 5.32 Å². The molecule has 0 amide bonds. The summed E-state index contributed by atoms with van der Waals surface area (Å²) in [4.78, 5) is 11.3. The van der Waals surface area contributed by atoms with Gasteiger partial charge in [-0.1, -0.05) is 6.92 Å². The second kappa shape index (κ2) is 8.51. The molecule has 112 valence electrons. The molecule has 19 heavy (non-hydrogen) atoms. The van der Waals surface area contributed by atoms with Crippen LogP contribution in [-0.4, -0.2) is 49.6 Å². The minimum Gasteiger partial charge on any atom is -0.480 e. The van der Waals surface area contributed by atoms with Crippen molar-refractivity contribution in [2.75, 3.05) is 26.9 Å². The molecule has 0 radical (unpaired) electrons. The molecule has 1 aliphatic rings. The molecule has 2 unspecified atom stereocenters. The molecule has 0 saturated carbocycles. The normalized spacial score (nSPS) is 22.9. The number of rotatable bonds is 9. The standard InChI is InChI=1S/C14H27NO4/c1-3-14(15-2,13(16)17)8-6-9-18-11-12-7-4-5-10-19-12/h12,15H,3-11H2,1-2H3,(H,16,17). The highest BCUT2D eigenvalue weighted by Crippen LogP contribution is 2.18. The van der Waals surface area contributed by atoms with Gasteiger partial charge >= 0.3 is 5.97 Å². The Labute approximate surface area is 115 Å². The van der Waals surface area contributed by atoms with Gasteiger partial charge in [0.05, 0.1) is 12.7 Å². The van der Waals surface area contributed by atoms with Crippen molar-refractivity contribution in [1.29, 1.82) is 0 Å². The quantitative estimate of drug-likeness (QED) is 0.627. The van der Waals surface area contributed by atoms with Crippen LogP contribution in [0.1, 0.15) is 45.4 Å². The molecule has 0 spiro atoms. The van der Waals surface area contributed by atoms with Gasteiger partial charge in [-0.05, 0) is 45.6 Å². The number of hydrogen-bond donors (Lipinski definition) is 2. The molecular weight excluding hydrogens is 246 g/mol. The molecular formula is C14H27NO4. The maximum absolute atomic E-state index is 11.3. The van der Waals surface area contributed by atoms with Crippen LogP contribution in [0.5, 0.6) is 0 Å². The highest BCUT2D eigenvalue weighted by atomic mass is 16.5. The highest BCUT2D eigenvalue weighted by molar-refractivity contribution is 5.78. The number of carboxylic acid groups (broad SMARTS) is 1. The van der Waals surface area contributed by atoms with Crippen LogP contribution in [-0.2, 0) is 14.3 Å². The molecule has 1 rings (SSSR count). The van der Waals surface area contributed by atoms with E-state index in [9.17, 15) is 9.90 Å². The molecule has 1 saturated heterocycles. The molecule has 2 N–H and O–H groups in total. The first-order valence-electron chi connectivity index (χ1n) is 7.26. The Hall–Kier alpha value is -0.650. The van der Waals surface area contributed by atoms with E-state index in [1.165, 1.54) is 6.42 Å². The lowest BCUT2D eigenvalue weighted by Gasteiger charge is -2.28. The van der Waals surface area contributed by atoms with E-state index in [4.69, 9.17) is 9.47 Å². The number of hydrogen-bond acceptors (Lipinski definition) is 4. The SMILES string of the molecule is CCC(CCCOCC1CCCCO1)(NC)C(=O)O. The number of carboxylic acids is 1. The van der Waals surface area contributed by atoms with Gasteiger partial charge in [-0.15, -0.1) is 0 Å². The van der Waals surface area contributed by atoms with E-state index in [2.05, 4.69) is 5.32 Å². The summed E-state index contributed by atoms with van der Waals surface area (Å²) in [6, 6.07) is 0. The van der Waals surface area contributed by atoms with Gasteiger partial charge in [0.2, 0.25) is 0 Å². The van der Waals surface area contributed by atoms with Gasteiger partial charge in [0.25, 0.3) is 0 Å². The van der Waals surface area contributed by atoms with E-state index in [0.29, 0.717) is 26.1 Å². The van der Waals surface area contributed by atoms with E-state index in [-0.39, 0.29) is 6.10 Å². The lowest BCUT2D eigenvalue weighted by molar-refractivity contribution is -0.145. The fourth-order valence-electron chi connectivity index (χ4n) is 2.47. The van der Waals surface area contributed by atoms with Crippen molar-refractivity contribution in [3.05, 3.63) is 0 Å². The second-order valence-electron chi connectivity index (χ2n) is 5.16. The number of carbonyl (C=O) groups is 1. The fourth-order valence-corrected chi connectivity index (χ4v) is 2.47. The average Bonchev–Trinajstić information content (AvgIpc) is 2.44. The molecule has 1 fully saturated rings.